The Kier molecular flexibility index (Phi) is 6.32. The molecule has 1 nitrogen and oxygen atoms in total. The summed E-state index contributed by atoms with van der Waals surface area (Å²) in [6.45, 7) is 4.23. The molecule has 0 heterocycles. The van der Waals surface area contributed by atoms with Crippen LogP contribution in [-0.2, 0) is 6.54 Å². The van der Waals surface area contributed by atoms with Crippen molar-refractivity contribution in [3.63, 3.8) is 0 Å². The molecule has 0 unspecified atom stereocenters. The Hall–Kier alpha value is 0.01000. The van der Waals surface area contributed by atoms with Gasteiger partial charge >= 0.3 is 0 Å². The highest BCUT2D eigenvalue weighted by Crippen LogP contribution is 2.15. The van der Waals surface area contributed by atoms with Gasteiger partial charge in [-0.25, -0.2) is 0 Å². The van der Waals surface area contributed by atoms with E-state index in [2.05, 4.69) is 46.4 Å². The van der Waals surface area contributed by atoms with Crippen molar-refractivity contribution in [2.45, 2.75) is 13.5 Å². The predicted molar refractivity (Wildman–Crippen MR) is 68.8 cm³/mol. The number of nitrogens with one attached hydrogen (secondary N) is 1. The van der Waals surface area contributed by atoms with Crippen molar-refractivity contribution in [1.82, 2.24) is 5.32 Å². The van der Waals surface area contributed by atoms with E-state index in [1.165, 1.54) is 21.5 Å². The summed E-state index contributed by atoms with van der Waals surface area (Å²) in [4.78, 5) is 0. The van der Waals surface area contributed by atoms with Gasteiger partial charge in [0.05, 0.1) is 0 Å². The van der Waals surface area contributed by atoms with Crippen molar-refractivity contribution < 1.29 is 0 Å². The second-order valence-corrected chi connectivity index (χ2v) is 5.21. The van der Waals surface area contributed by atoms with E-state index in [0.717, 1.165) is 13.1 Å². The maximum Gasteiger partial charge on any atom is 0.0220 e. The fourth-order valence-corrected chi connectivity index (χ4v) is 2.16. The van der Waals surface area contributed by atoms with Gasteiger partial charge in [-0.15, -0.1) is 0 Å². The van der Waals surface area contributed by atoms with Gasteiger partial charge in [-0.1, -0.05) is 41.1 Å². The normalized spacial score (nSPS) is 10.4. The Morgan fingerprint density at radius 2 is 2.14 bits per heavy atom. The minimum Gasteiger partial charge on any atom is -0.312 e. The van der Waals surface area contributed by atoms with Gasteiger partial charge in [0.2, 0.25) is 0 Å². The molecule has 0 aliphatic rings. The maximum absolute atomic E-state index is 3.53. The summed E-state index contributed by atoms with van der Waals surface area (Å²) in [6.07, 6.45) is 0. The third-order valence-corrected chi connectivity index (χ3v) is 3.58. The number of rotatable bonds is 6. The van der Waals surface area contributed by atoms with Crippen LogP contribution < -0.4 is 5.32 Å². The number of halogens is 1. The lowest BCUT2D eigenvalue weighted by atomic mass is 10.2. The van der Waals surface area contributed by atoms with Crippen LogP contribution in [0.5, 0.6) is 0 Å². The van der Waals surface area contributed by atoms with Crippen molar-refractivity contribution in [2.75, 3.05) is 18.1 Å². The summed E-state index contributed by atoms with van der Waals surface area (Å²) in [6, 6.07) is 8.34. The second kappa shape index (κ2) is 7.32. The monoisotopic (exact) mass is 273 g/mol. The third-order valence-electron chi connectivity index (χ3n) is 1.90. The van der Waals surface area contributed by atoms with Gasteiger partial charge in [-0.05, 0) is 17.4 Å². The molecular weight excluding hydrogens is 258 g/mol. The van der Waals surface area contributed by atoms with Crippen molar-refractivity contribution >= 4 is 27.7 Å². The van der Waals surface area contributed by atoms with Crippen molar-refractivity contribution in [2.24, 2.45) is 0 Å². The van der Waals surface area contributed by atoms with Gasteiger partial charge in [0.1, 0.15) is 0 Å². The molecule has 78 valence electrons. The Morgan fingerprint density at radius 3 is 2.86 bits per heavy atom. The van der Waals surface area contributed by atoms with E-state index in [-0.39, 0.29) is 0 Å². The first-order valence-corrected chi connectivity index (χ1v) is 6.81. The highest BCUT2D eigenvalue weighted by Gasteiger charge is 1.96. The summed E-state index contributed by atoms with van der Waals surface area (Å²) >= 11 is 5.51. The standard InChI is InChI=1S/C11H16BrNS/c1-2-14-8-7-13-9-10-5-3-4-6-11(10)12/h3-6,13H,2,7-9H2,1H3. The summed E-state index contributed by atoms with van der Waals surface area (Å²) in [5.74, 6) is 2.40. The third kappa shape index (κ3) is 4.49. The zero-order chi connectivity index (χ0) is 10.2. The Morgan fingerprint density at radius 1 is 1.36 bits per heavy atom. The fraction of sp³-hybridized carbons (Fsp3) is 0.455. The number of hydrogen-bond acceptors (Lipinski definition) is 2. The molecule has 0 spiro atoms. The van der Waals surface area contributed by atoms with Crippen LogP contribution in [0.4, 0.5) is 0 Å². The molecule has 0 saturated carbocycles. The molecule has 0 aromatic heterocycles. The molecule has 1 aromatic rings. The zero-order valence-electron chi connectivity index (χ0n) is 8.42. The summed E-state index contributed by atoms with van der Waals surface area (Å²) in [5, 5.41) is 3.43. The van der Waals surface area contributed by atoms with Gasteiger partial charge in [0.25, 0.3) is 0 Å². The average Bonchev–Trinajstić information content (AvgIpc) is 2.20. The van der Waals surface area contributed by atoms with Gasteiger partial charge in [0.15, 0.2) is 0 Å². The lowest BCUT2D eigenvalue weighted by molar-refractivity contribution is 0.730. The van der Waals surface area contributed by atoms with Crippen LogP contribution >= 0.6 is 27.7 Å². The minimum atomic E-state index is 0.950. The summed E-state index contributed by atoms with van der Waals surface area (Å²) in [7, 11) is 0. The van der Waals surface area contributed by atoms with Crippen molar-refractivity contribution in [1.29, 1.82) is 0 Å². The highest BCUT2D eigenvalue weighted by molar-refractivity contribution is 9.10. The molecule has 1 rings (SSSR count). The van der Waals surface area contributed by atoms with Crippen LogP contribution in [0.2, 0.25) is 0 Å². The highest BCUT2D eigenvalue weighted by atomic mass is 79.9. The maximum atomic E-state index is 3.53. The van der Waals surface area contributed by atoms with Gasteiger partial charge in [-0.2, -0.15) is 11.8 Å². The Balaban J connectivity index is 2.21. The van der Waals surface area contributed by atoms with Crippen molar-refractivity contribution in [3.05, 3.63) is 34.3 Å². The first-order valence-electron chi connectivity index (χ1n) is 4.86. The van der Waals surface area contributed by atoms with E-state index < -0.39 is 0 Å². The molecule has 1 N–H and O–H groups in total. The summed E-state index contributed by atoms with van der Waals surface area (Å²) in [5.41, 5.74) is 1.33. The van der Waals surface area contributed by atoms with E-state index in [9.17, 15) is 0 Å². The van der Waals surface area contributed by atoms with E-state index in [1.54, 1.807) is 0 Å². The predicted octanol–water partition coefficient (Wildman–Crippen LogP) is 3.29. The molecular formula is C11H16BrNS. The lowest BCUT2D eigenvalue weighted by Crippen LogP contribution is -2.16. The van der Waals surface area contributed by atoms with Crippen LogP contribution in [0.15, 0.2) is 28.7 Å². The van der Waals surface area contributed by atoms with Crippen LogP contribution in [0, 0.1) is 0 Å². The van der Waals surface area contributed by atoms with E-state index in [1.807, 2.05) is 17.8 Å². The smallest absolute Gasteiger partial charge is 0.0220 e. The molecule has 0 fully saturated rings. The van der Waals surface area contributed by atoms with Gasteiger partial charge < -0.3 is 5.32 Å². The Labute approximate surface area is 98.8 Å². The molecule has 0 aliphatic carbocycles. The molecule has 1 aromatic carbocycles. The average molecular weight is 274 g/mol. The molecule has 0 bridgehead atoms. The van der Waals surface area contributed by atoms with E-state index in [0.29, 0.717) is 0 Å². The molecule has 0 amide bonds. The molecule has 0 radical (unpaired) electrons. The van der Waals surface area contributed by atoms with Crippen LogP contribution in [-0.4, -0.2) is 18.1 Å². The van der Waals surface area contributed by atoms with Crippen LogP contribution in [0.3, 0.4) is 0 Å². The second-order valence-electron chi connectivity index (χ2n) is 2.97. The quantitative estimate of drug-likeness (QED) is 0.799. The van der Waals surface area contributed by atoms with E-state index in [4.69, 9.17) is 0 Å². The lowest BCUT2D eigenvalue weighted by Gasteiger charge is -2.05. The molecule has 0 atom stereocenters. The first kappa shape index (κ1) is 12.1. The number of thioether (sulfide) groups is 1. The van der Waals surface area contributed by atoms with Crippen LogP contribution in [0.1, 0.15) is 12.5 Å². The topological polar surface area (TPSA) is 12.0 Å². The molecule has 0 aliphatic heterocycles. The minimum absolute atomic E-state index is 0.950. The Bertz CT molecular complexity index is 265. The first-order chi connectivity index (χ1) is 6.84. The zero-order valence-corrected chi connectivity index (χ0v) is 10.8. The largest absolute Gasteiger partial charge is 0.312 e. The summed E-state index contributed by atoms with van der Waals surface area (Å²) < 4.78 is 1.19. The SMILES string of the molecule is CCSCCNCc1ccccc1Br. The molecule has 3 heteroatoms. The fourth-order valence-electron chi connectivity index (χ4n) is 1.15. The van der Waals surface area contributed by atoms with Gasteiger partial charge in [-0.3, -0.25) is 0 Å². The van der Waals surface area contributed by atoms with Gasteiger partial charge in [0, 0.05) is 23.3 Å². The van der Waals surface area contributed by atoms with E-state index >= 15 is 0 Å². The number of benzene rings is 1. The molecule has 14 heavy (non-hydrogen) atoms. The van der Waals surface area contributed by atoms with Crippen molar-refractivity contribution in [3.8, 4) is 0 Å². The molecule has 0 saturated heterocycles. The number of hydrogen-bond donors (Lipinski definition) is 1. The van der Waals surface area contributed by atoms with Crippen LogP contribution in [0.25, 0.3) is 0 Å².